The van der Waals surface area contributed by atoms with Crippen molar-refractivity contribution in [2.45, 2.75) is 37.6 Å². The molecule has 0 aliphatic heterocycles. The molecule has 0 aromatic heterocycles. The molecule has 0 amide bonds. The molecule has 1 fully saturated rings. The summed E-state index contributed by atoms with van der Waals surface area (Å²) >= 11 is 0. The lowest BCUT2D eigenvalue weighted by Crippen LogP contribution is -2.23. The maximum atomic E-state index is 9.67. The van der Waals surface area contributed by atoms with Gasteiger partial charge in [-0.2, -0.15) is 0 Å². The molecule has 2 atom stereocenters. The van der Waals surface area contributed by atoms with E-state index >= 15 is 0 Å². The molecular weight excluding hydrogens is 174 g/mol. The van der Waals surface area contributed by atoms with E-state index in [0.29, 0.717) is 11.7 Å². The van der Waals surface area contributed by atoms with Gasteiger partial charge in [0.25, 0.3) is 0 Å². The lowest BCUT2D eigenvalue weighted by molar-refractivity contribution is 0.464. The second kappa shape index (κ2) is 3.28. The highest BCUT2D eigenvalue weighted by Gasteiger charge is 2.51. The summed E-state index contributed by atoms with van der Waals surface area (Å²) in [5, 5.41) is 9.67. The molecule has 2 unspecified atom stereocenters. The van der Waals surface area contributed by atoms with Gasteiger partial charge in [0, 0.05) is 11.5 Å². The van der Waals surface area contributed by atoms with Crippen LogP contribution in [0.5, 0.6) is 5.75 Å². The molecule has 1 aliphatic rings. The summed E-state index contributed by atoms with van der Waals surface area (Å²) in [6.45, 7) is 2.15. The Morgan fingerprint density at radius 3 is 2.86 bits per heavy atom. The van der Waals surface area contributed by atoms with Crippen molar-refractivity contribution in [1.82, 2.24) is 0 Å². The number of benzene rings is 1. The average Bonchev–Trinajstić information content (AvgIpc) is 2.79. The number of phenols is 1. The molecule has 0 bridgehead atoms. The Balaban J connectivity index is 2.16. The third-order valence-electron chi connectivity index (χ3n) is 3.15. The van der Waals surface area contributed by atoms with Gasteiger partial charge in [0.2, 0.25) is 0 Å². The van der Waals surface area contributed by atoms with Gasteiger partial charge in [0.05, 0.1) is 0 Å². The van der Waals surface area contributed by atoms with Gasteiger partial charge < -0.3 is 10.8 Å². The molecule has 0 heterocycles. The molecular formula is C12H17NO. The van der Waals surface area contributed by atoms with E-state index < -0.39 is 0 Å². The molecule has 76 valence electrons. The van der Waals surface area contributed by atoms with Crippen molar-refractivity contribution < 1.29 is 5.11 Å². The second-order valence-electron chi connectivity index (χ2n) is 4.30. The van der Waals surface area contributed by atoms with Gasteiger partial charge in [0.1, 0.15) is 5.75 Å². The fraction of sp³-hybridized carbons (Fsp3) is 0.500. The number of para-hydroxylation sites is 1. The van der Waals surface area contributed by atoms with Gasteiger partial charge in [-0.15, -0.1) is 0 Å². The number of hydrogen-bond donors (Lipinski definition) is 2. The third kappa shape index (κ3) is 1.50. The van der Waals surface area contributed by atoms with E-state index in [1.54, 1.807) is 6.07 Å². The topological polar surface area (TPSA) is 46.2 Å². The molecule has 2 rings (SSSR count). The number of rotatable bonds is 3. The van der Waals surface area contributed by atoms with Crippen LogP contribution in [0.1, 0.15) is 37.7 Å². The average molecular weight is 191 g/mol. The summed E-state index contributed by atoms with van der Waals surface area (Å²) < 4.78 is 0. The predicted molar refractivity (Wildman–Crippen MR) is 57.3 cm³/mol. The molecule has 1 aliphatic carbocycles. The minimum Gasteiger partial charge on any atom is -0.508 e. The first-order chi connectivity index (χ1) is 6.67. The van der Waals surface area contributed by atoms with Crippen LogP contribution in [-0.4, -0.2) is 10.6 Å². The largest absolute Gasteiger partial charge is 0.508 e. The minimum atomic E-state index is -0.0480. The lowest BCUT2D eigenvalue weighted by Gasteiger charge is -2.10. The fourth-order valence-electron chi connectivity index (χ4n) is 2.26. The summed E-state index contributed by atoms with van der Waals surface area (Å²) in [7, 11) is 0. The van der Waals surface area contributed by atoms with E-state index in [0.717, 1.165) is 24.8 Å². The van der Waals surface area contributed by atoms with Gasteiger partial charge in [0.15, 0.2) is 0 Å². The van der Waals surface area contributed by atoms with E-state index in [4.69, 9.17) is 5.73 Å². The molecule has 0 saturated heterocycles. The zero-order valence-electron chi connectivity index (χ0n) is 8.53. The van der Waals surface area contributed by atoms with Gasteiger partial charge >= 0.3 is 0 Å². The Morgan fingerprint density at radius 1 is 1.50 bits per heavy atom. The molecule has 0 spiro atoms. The van der Waals surface area contributed by atoms with Crippen molar-refractivity contribution in [3.8, 4) is 5.75 Å². The molecule has 14 heavy (non-hydrogen) atoms. The summed E-state index contributed by atoms with van der Waals surface area (Å²) in [6.07, 6.45) is 3.17. The smallest absolute Gasteiger partial charge is 0.119 e. The van der Waals surface area contributed by atoms with Gasteiger partial charge in [-0.3, -0.25) is 0 Å². The van der Waals surface area contributed by atoms with Crippen LogP contribution in [0.15, 0.2) is 24.3 Å². The Hall–Kier alpha value is -1.02. The second-order valence-corrected chi connectivity index (χ2v) is 4.30. The maximum absolute atomic E-state index is 9.67. The molecule has 2 heteroatoms. The van der Waals surface area contributed by atoms with Crippen LogP contribution in [0, 0.1) is 0 Å². The summed E-state index contributed by atoms with van der Waals surface area (Å²) in [5.74, 6) is 0.754. The molecule has 2 nitrogen and oxygen atoms in total. The zero-order chi connectivity index (χ0) is 10.2. The highest BCUT2D eigenvalue weighted by Crippen LogP contribution is 2.54. The molecule has 0 radical (unpaired) electrons. The fourth-order valence-corrected chi connectivity index (χ4v) is 2.26. The van der Waals surface area contributed by atoms with Gasteiger partial charge in [-0.1, -0.05) is 31.5 Å². The SMILES string of the molecule is CCCC1(N)CC1c1ccccc1O. The Kier molecular flexibility index (Phi) is 2.23. The quantitative estimate of drug-likeness (QED) is 0.770. The Morgan fingerprint density at radius 2 is 2.21 bits per heavy atom. The standard InChI is InChI=1S/C12H17NO/c1-2-7-12(13)8-10(12)9-5-3-4-6-11(9)14/h3-6,10,14H,2,7-8,13H2,1H3. The van der Waals surface area contributed by atoms with Crippen molar-refractivity contribution >= 4 is 0 Å². The highest BCUT2D eigenvalue weighted by atomic mass is 16.3. The van der Waals surface area contributed by atoms with Crippen molar-refractivity contribution in [3.63, 3.8) is 0 Å². The minimum absolute atomic E-state index is 0.0480. The van der Waals surface area contributed by atoms with Crippen molar-refractivity contribution in [2.75, 3.05) is 0 Å². The lowest BCUT2D eigenvalue weighted by atomic mass is 10.0. The molecule has 1 aromatic carbocycles. The number of hydrogen-bond acceptors (Lipinski definition) is 2. The Bertz CT molecular complexity index is 337. The van der Waals surface area contributed by atoms with Crippen LogP contribution in [0.2, 0.25) is 0 Å². The van der Waals surface area contributed by atoms with Crippen LogP contribution in [0.3, 0.4) is 0 Å². The summed E-state index contributed by atoms with van der Waals surface area (Å²) in [6, 6.07) is 7.52. The summed E-state index contributed by atoms with van der Waals surface area (Å²) in [5.41, 5.74) is 7.16. The zero-order valence-corrected chi connectivity index (χ0v) is 8.53. The van der Waals surface area contributed by atoms with Crippen molar-refractivity contribution in [2.24, 2.45) is 5.73 Å². The first-order valence-electron chi connectivity index (χ1n) is 5.24. The van der Waals surface area contributed by atoms with E-state index in [1.807, 2.05) is 18.2 Å². The monoisotopic (exact) mass is 191 g/mol. The van der Waals surface area contributed by atoms with E-state index in [-0.39, 0.29) is 5.54 Å². The van der Waals surface area contributed by atoms with Crippen molar-refractivity contribution in [1.29, 1.82) is 0 Å². The molecule has 1 saturated carbocycles. The van der Waals surface area contributed by atoms with E-state index in [2.05, 4.69) is 6.92 Å². The predicted octanol–water partition coefficient (Wildman–Crippen LogP) is 2.38. The van der Waals surface area contributed by atoms with Crippen LogP contribution in [0.4, 0.5) is 0 Å². The molecule has 3 N–H and O–H groups in total. The number of nitrogens with two attached hydrogens (primary N) is 1. The van der Waals surface area contributed by atoms with Crippen molar-refractivity contribution in [3.05, 3.63) is 29.8 Å². The van der Waals surface area contributed by atoms with Crippen LogP contribution in [-0.2, 0) is 0 Å². The van der Waals surface area contributed by atoms with E-state index in [1.165, 1.54) is 0 Å². The van der Waals surface area contributed by atoms with Crippen LogP contribution >= 0.6 is 0 Å². The normalized spacial score (nSPS) is 30.3. The molecule has 1 aromatic rings. The van der Waals surface area contributed by atoms with Crippen LogP contribution < -0.4 is 5.73 Å². The van der Waals surface area contributed by atoms with Gasteiger partial charge in [-0.05, 0) is 24.5 Å². The first kappa shape index (κ1) is 9.53. The number of phenolic OH excluding ortho intramolecular Hbond substituents is 1. The maximum Gasteiger partial charge on any atom is 0.119 e. The van der Waals surface area contributed by atoms with E-state index in [9.17, 15) is 5.11 Å². The van der Waals surface area contributed by atoms with Crippen LogP contribution in [0.25, 0.3) is 0 Å². The highest BCUT2D eigenvalue weighted by molar-refractivity contribution is 5.42. The Labute approximate surface area is 84.7 Å². The number of aromatic hydroxyl groups is 1. The van der Waals surface area contributed by atoms with Gasteiger partial charge in [-0.25, -0.2) is 0 Å². The third-order valence-corrected chi connectivity index (χ3v) is 3.15. The summed E-state index contributed by atoms with van der Waals surface area (Å²) in [4.78, 5) is 0. The first-order valence-corrected chi connectivity index (χ1v) is 5.24.